The summed E-state index contributed by atoms with van der Waals surface area (Å²) in [4.78, 5) is 31.6. The molecule has 1 N–H and O–H groups in total. The van der Waals surface area contributed by atoms with Crippen LogP contribution in [0.15, 0.2) is 66.7 Å². The second-order valence-corrected chi connectivity index (χ2v) is 6.66. The average Bonchev–Trinajstić information content (AvgIpc) is 3.19. The number of carbonyl (C=O) groups excluding carboxylic acids is 2. The van der Waals surface area contributed by atoms with E-state index in [9.17, 15) is 9.59 Å². The monoisotopic (exact) mass is 387 g/mol. The van der Waals surface area contributed by atoms with Crippen molar-refractivity contribution in [2.75, 3.05) is 23.4 Å². The van der Waals surface area contributed by atoms with Crippen LogP contribution in [0.5, 0.6) is 5.75 Å². The van der Waals surface area contributed by atoms with Gasteiger partial charge in [0.05, 0.1) is 6.61 Å². The molecule has 0 saturated heterocycles. The topological polar surface area (TPSA) is 71.5 Å². The first-order valence-electron chi connectivity index (χ1n) is 9.57. The molecule has 1 aliphatic rings. The minimum absolute atomic E-state index is 0.192. The second-order valence-electron chi connectivity index (χ2n) is 6.66. The van der Waals surface area contributed by atoms with Gasteiger partial charge in [0.25, 0.3) is 11.8 Å². The van der Waals surface area contributed by atoms with E-state index in [1.54, 1.807) is 47.4 Å². The van der Waals surface area contributed by atoms with Gasteiger partial charge in [-0.25, -0.2) is 4.98 Å². The van der Waals surface area contributed by atoms with Crippen LogP contribution in [0.1, 0.15) is 33.5 Å². The second kappa shape index (κ2) is 8.14. The van der Waals surface area contributed by atoms with E-state index in [2.05, 4.69) is 10.3 Å². The fourth-order valence-electron chi connectivity index (χ4n) is 3.36. The largest absolute Gasteiger partial charge is 0.494 e. The first-order valence-corrected chi connectivity index (χ1v) is 9.57. The predicted molar refractivity (Wildman–Crippen MR) is 112 cm³/mol. The molecule has 4 rings (SSSR count). The Bertz CT molecular complexity index is 1050. The molecule has 0 saturated carbocycles. The summed E-state index contributed by atoms with van der Waals surface area (Å²) in [6.07, 6.45) is 0.819. The molecule has 1 aliphatic heterocycles. The molecule has 0 aliphatic carbocycles. The number of para-hydroxylation sites is 1. The van der Waals surface area contributed by atoms with Crippen LogP contribution < -0.4 is 15.0 Å². The molecule has 0 bridgehead atoms. The number of nitrogens with one attached hydrogen (secondary N) is 1. The van der Waals surface area contributed by atoms with E-state index in [-0.39, 0.29) is 23.2 Å². The Morgan fingerprint density at radius 3 is 2.55 bits per heavy atom. The molecule has 0 unspecified atom stereocenters. The molecule has 0 spiro atoms. The van der Waals surface area contributed by atoms with E-state index in [1.165, 1.54) is 0 Å². The molecule has 0 radical (unpaired) electrons. The van der Waals surface area contributed by atoms with E-state index in [1.807, 2.05) is 31.2 Å². The Balaban J connectivity index is 1.50. The maximum atomic E-state index is 13.0. The van der Waals surface area contributed by atoms with Crippen molar-refractivity contribution in [3.05, 3.63) is 83.7 Å². The van der Waals surface area contributed by atoms with Crippen molar-refractivity contribution in [2.24, 2.45) is 0 Å². The minimum atomic E-state index is -0.370. The SMILES string of the molecule is CCOc1ccc(NC(=O)c2cccc(C(=O)N3CCc4ccccc43)n2)cc1. The molecule has 2 amide bonds. The summed E-state index contributed by atoms with van der Waals surface area (Å²) in [6.45, 7) is 3.11. The quantitative estimate of drug-likeness (QED) is 0.720. The van der Waals surface area contributed by atoms with Crippen molar-refractivity contribution < 1.29 is 14.3 Å². The average molecular weight is 387 g/mol. The standard InChI is InChI=1S/C23H21N3O3/c1-2-29-18-12-10-17(11-13-18)24-22(27)19-7-5-8-20(25-19)23(28)26-15-14-16-6-3-4-9-21(16)26/h3-13H,2,14-15H2,1H3,(H,24,27). The van der Waals surface area contributed by atoms with Crippen molar-refractivity contribution in [1.29, 1.82) is 0 Å². The fraction of sp³-hybridized carbons (Fsp3) is 0.174. The number of hydrogen-bond acceptors (Lipinski definition) is 4. The van der Waals surface area contributed by atoms with Gasteiger partial charge in [0.2, 0.25) is 0 Å². The highest BCUT2D eigenvalue weighted by molar-refractivity contribution is 6.08. The molecular formula is C23H21N3O3. The molecule has 2 aromatic carbocycles. The van der Waals surface area contributed by atoms with E-state index in [0.29, 0.717) is 18.8 Å². The molecular weight excluding hydrogens is 366 g/mol. The Kier molecular flexibility index (Phi) is 5.24. The van der Waals surface area contributed by atoms with Crippen molar-refractivity contribution in [2.45, 2.75) is 13.3 Å². The predicted octanol–water partition coefficient (Wildman–Crippen LogP) is 3.94. The summed E-state index contributed by atoms with van der Waals surface area (Å²) in [5.74, 6) is 0.165. The summed E-state index contributed by atoms with van der Waals surface area (Å²) in [6, 6.07) is 19.9. The lowest BCUT2D eigenvalue weighted by atomic mass is 10.2. The zero-order valence-electron chi connectivity index (χ0n) is 16.1. The van der Waals surface area contributed by atoms with Crippen molar-refractivity contribution >= 4 is 23.2 Å². The Morgan fingerprint density at radius 2 is 1.76 bits per heavy atom. The molecule has 0 atom stereocenters. The molecule has 1 aromatic heterocycles. The number of aromatic nitrogens is 1. The van der Waals surface area contributed by atoms with Gasteiger partial charge in [-0.2, -0.15) is 0 Å². The third-order valence-corrected chi connectivity index (χ3v) is 4.76. The summed E-state index contributed by atoms with van der Waals surface area (Å²) in [7, 11) is 0. The number of benzene rings is 2. The van der Waals surface area contributed by atoms with Crippen molar-refractivity contribution in [3.8, 4) is 5.75 Å². The third-order valence-electron chi connectivity index (χ3n) is 4.76. The van der Waals surface area contributed by atoms with E-state index in [0.717, 1.165) is 23.4 Å². The molecule has 3 aromatic rings. The number of anilines is 2. The number of fused-ring (bicyclic) bond motifs is 1. The Labute approximate surface area is 169 Å². The zero-order valence-corrected chi connectivity index (χ0v) is 16.1. The van der Waals surface area contributed by atoms with Gasteiger partial charge in [-0.3, -0.25) is 9.59 Å². The van der Waals surface area contributed by atoms with Gasteiger partial charge in [-0.05, 0) is 61.4 Å². The first-order chi connectivity index (χ1) is 14.2. The summed E-state index contributed by atoms with van der Waals surface area (Å²) >= 11 is 0. The zero-order chi connectivity index (χ0) is 20.2. The number of amides is 2. The highest BCUT2D eigenvalue weighted by Crippen LogP contribution is 2.28. The highest BCUT2D eigenvalue weighted by atomic mass is 16.5. The fourth-order valence-corrected chi connectivity index (χ4v) is 3.36. The van der Waals surface area contributed by atoms with Crippen LogP contribution in [-0.4, -0.2) is 29.9 Å². The van der Waals surface area contributed by atoms with Gasteiger partial charge in [-0.15, -0.1) is 0 Å². The number of pyridine rings is 1. The number of carbonyl (C=O) groups is 2. The lowest BCUT2D eigenvalue weighted by molar-refractivity contribution is 0.0984. The third kappa shape index (κ3) is 3.96. The van der Waals surface area contributed by atoms with Crippen molar-refractivity contribution in [1.82, 2.24) is 4.98 Å². The van der Waals surface area contributed by atoms with Gasteiger partial charge in [0.1, 0.15) is 17.1 Å². The van der Waals surface area contributed by atoms with Gasteiger partial charge in [0, 0.05) is 17.9 Å². The lowest BCUT2D eigenvalue weighted by Crippen LogP contribution is -2.30. The molecule has 6 heteroatoms. The van der Waals surface area contributed by atoms with Crippen LogP contribution in [0, 0.1) is 0 Å². The first kappa shape index (κ1) is 18.7. The number of ether oxygens (including phenoxy) is 1. The lowest BCUT2D eigenvalue weighted by Gasteiger charge is -2.17. The normalized spacial score (nSPS) is 12.4. The molecule has 6 nitrogen and oxygen atoms in total. The maximum absolute atomic E-state index is 13.0. The van der Waals surface area contributed by atoms with Crippen LogP contribution in [-0.2, 0) is 6.42 Å². The van der Waals surface area contributed by atoms with Crippen molar-refractivity contribution in [3.63, 3.8) is 0 Å². The summed E-state index contributed by atoms with van der Waals surface area (Å²) < 4.78 is 5.40. The van der Waals surface area contributed by atoms with Gasteiger partial charge >= 0.3 is 0 Å². The van der Waals surface area contributed by atoms with Gasteiger partial charge in [-0.1, -0.05) is 24.3 Å². The summed E-state index contributed by atoms with van der Waals surface area (Å²) in [5.41, 5.74) is 3.12. The van der Waals surface area contributed by atoms with E-state index < -0.39 is 0 Å². The van der Waals surface area contributed by atoms with Crippen LogP contribution >= 0.6 is 0 Å². The molecule has 146 valence electrons. The minimum Gasteiger partial charge on any atom is -0.494 e. The smallest absolute Gasteiger partial charge is 0.276 e. The highest BCUT2D eigenvalue weighted by Gasteiger charge is 2.26. The van der Waals surface area contributed by atoms with E-state index in [4.69, 9.17) is 4.74 Å². The number of hydrogen-bond donors (Lipinski definition) is 1. The van der Waals surface area contributed by atoms with Crippen LogP contribution in [0.3, 0.4) is 0 Å². The maximum Gasteiger partial charge on any atom is 0.276 e. The van der Waals surface area contributed by atoms with Gasteiger partial charge < -0.3 is 15.0 Å². The summed E-state index contributed by atoms with van der Waals surface area (Å²) in [5, 5.41) is 2.80. The van der Waals surface area contributed by atoms with Crippen LogP contribution in [0.2, 0.25) is 0 Å². The van der Waals surface area contributed by atoms with Crippen LogP contribution in [0.25, 0.3) is 0 Å². The van der Waals surface area contributed by atoms with E-state index >= 15 is 0 Å². The Morgan fingerprint density at radius 1 is 1.00 bits per heavy atom. The Hall–Kier alpha value is -3.67. The number of rotatable bonds is 5. The molecule has 0 fully saturated rings. The van der Waals surface area contributed by atoms with Gasteiger partial charge in [0.15, 0.2) is 0 Å². The number of nitrogens with zero attached hydrogens (tertiary/aromatic N) is 2. The molecule has 2 heterocycles. The van der Waals surface area contributed by atoms with Crippen LogP contribution in [0.4, 0.5) is 11.4 Å². The molecule has 29 heavy (non-hydrogen) atoms.